The van der Waals surface area contributed by atoms with Gasteiger partial charge < -0.3 is 15.5 Å². The molecule has 1 aromatic carbocycles. The molecule has 1 fully saturated rings. The number of rotatable bonds is 2. The Morgan fingerprint density at radius 1 is 1.10 bits per heavy atom. The number of piperazine rings is 1. The van der Waals surface area contributed by atoms with Gasteiger partial charge in [-0.2, -0.15) is 0 Å². The van der Waals surface area contributed by atoms with Crippen LogP contribution in [-0.4, -0.2) is 37.0 Å². The van der Waals surface area contributed by atoms with Crippen LogP contribution in [0.1, 0.15) is 26.3 Å². The number of benzene rings is 1. The molecule has 2 N–H and O–H groups in total. The molecule has 0 unspecified atom stereocenters. The molecule has 1 aliphatic rings. The zero-order valence-corrected chi connectivity index (χ0v) is 12.7. The third kappa shape index (κ3) is 3.31. The lowest BCUT2D eigenvalue weighted by atomic mass is 9.94. The number of amides is 1. The molecule has 0 radical (unpaired) electrons. The molecule has 0 spiro atoms. The fourth-order valence-corrected chi connectivity index (χ4v) is 2.48. The number of nitrogens with zero attached hydrogens (tertiary/aromatic N) is 2. The van der Waals surface area contributed by atoms with Gasteiger partial charge in [0.1, 0.15) is 0 Å². The van der Waals surface area contributed by atoms with Crippen molar-refractivity contribution in [3.8, 4) is 0 Å². The Labute approximate surface area is 121 Å². The Balaban J connectivity index is 1.95. The molecule has 110 valence electrons. The average Bonchev–Trinajstić information content (AvgIpc) is 2.46. The van der Waals surface area contributed by atoms with Crippen molar-refractivity contribution in [3.05, 3.63) is 29.8 Å². The minimum atomic E-state index is -0.287. The zero-order chi connectivity index (χ0) is 14.8. The number of carbonyl (C=O) groups is 1. The van der Waals surface area contributed by atoms with Gasteiger partial charge >= 0.3 is 0 Å². The molecule has 20 heavy (non-hydrogen) atoms. The largest absolute Gasteiger partial charge is 0.368 e. The van der Waals surface area contributed by atoms with Gasteiger partial charge in [0.2, 0.25) is 5.91 Å². The Hall–Kier alpha value is -1.55. The zero-order valence-electron chi connectivity index (χ0n) is 12.7. The number of hydrogen-bond acceptors (Lipinski definition) is 3. The van der Waals surface area contributed by atoms with E-state index in [1.54, 1.807) is 0 Å². The van der Waals surface area contributed by atoms with Crippen molar-refractivity contribution in [3.63, 3.8) is 0 Å². The minimum Gasteiger partial charge on any atom is -0.368 e. The second-order valence-electron chi connectivity index (χ2n) is 6.40. The lowest BCUT2D eigenvalue weighted by molar-refractivity contribution is -0.139. The van der Waals surface area contributed by atoms with Gasteiger partial charge in [0, 0.05) is 43.8 Å². The van der Waals surface area contributed by atoms with E-state index in [0.29, 0.717) is 6.54 Å². The summed E-state index contributed by atoms with van der Waals surface area (Å²) < 4.78 is 0. The van der Waals surface area contributed by atoms with Gasteiger partial charge in [0.05, 0.1) is 0 Å². The van der Waals surface area contributed by atoms with Crippen molar-refractivity contribution in [1.82, 2.24) is 4.90 Å². The van der Waals surface area contributed by atoms with Crippen molar-refractivity contribution in [2.45, 2.75) is 27.3 Å². The van der Waals surface area contributed by atoms with Gasteiger partial charge in [0.25, 0.3) is 0 Å². The van der Waals surface area contributed by atoms with Crippen LogP contribution in [0.5, 0.6) is 0 Å². The standard InChI is InChI=1S/C16H25N3O/c1-16(2,3)15(20)19-10-8-18(9-11-19)14-6-4-13(12-17)5-7-14/h4-7H,8-12,17H2,1-3H3. The summed E-state index contributed by atoms with van der Waals surface area (Å²) in [5, 5.41) is 0. The highest BCUT2D eigenvalue weighted by Crippen LogP contribution is 2.21. The SMILES string of the molecule is CC(C)(C)C(=O)N1CCN(c2ccc(CN)cc2)CC1. The highest BCUT2D eigenvalue weighted by Gasteiger charge is 2.29. The molecule has 0 aromatic heterocycles. The highest BCUT2D eigenvalue weighted by atomic mass is 16.2. The van der Waals surface area contributed by atoms with Crippen LogP contribution in [0.4, 0.5) is 5.69 Å². The molecule has 1 amide bonds. The first kappa shape index (κ1) is 14.9. The number of nitrogens with two attached hydrogens (primary N) is 1. The van der Waals surface area contributed by atoms with Crippen LogP contribution in [0.25, 0.3) is 0 Å². The minimum absolute atomic E-state index is 0.246. The molecule has 1 aromatic rings. The maximum absolute atomic E-state index is 12.2. The number of hydrogen-bond donors (Lipinski definition) is 1. The Morgan fingerprint density at radius 2 is 1.65 bits per heavy atom. The Kier molecular flexibility index (Phi) is 4.33. The molecule has 0 aliphatic carbocycles. The third-order valence-corrected chi connectivity index (χ3v) is 3.75. The first-order valence-corrected chi connectivity index (χ1v) is 7.25. The smallest absolute Gasteiger partial charge is 0.228 e. The van der Waals surface area contributed by atoms with Crippen molar-refractivity contribution >= 4 is 11.6 Å². The first-order chi connectivity index (χ1) is 9.41. The van der Waals surface area contributed by atoms with Crippen LogP contribution in [0.2, 0.25) is 0 Å². The molecule has 4 heteroatoms. The number of carbonyl (C=O) groups excluding carboxylic acids is 1. The van der Waals surface area contributed by atoms with Crippen molar-refractivity contribution in [2.24, 2.45) is 11.1 Å². The summed E-state index contributed by atoms with van der Waals surface area (Å²) in [6.45, 7) is 9.90. The first-order valence-electron chi connectivity index (χ1n) is 7.25. The van der Waals surface area contributed by atoms with E-state index in [9.17, 15) is 4.79 Å². The van der Waals surface area contributed by atoms with Gasteiger partial charge in [-0.3, -0.25) is 4.79 Å². The van der Waals surface area contributed by atoms with Crippen LogP contribution in [-0.2, 0) is 11.3 Å². The Bertz CT molecular complexity index is 454. The Morgan fingerprint density at radius 3 is 2.10 bits per heavy atom. The topological polar surface area (TPSA) is 49.6 Å². The van der Waals surface area contributed by atoms with Gasteiger partial charge in [-0.15, -0.1) is 0 Å². The highest BCUT2D eigenvalue weighted by molar-refractivity contribution is 5.81. The van der Waals surface area contributed by atoms with E-state index in [1.807, 2.05) is 25.7 Å². The van der Waals surface area contributed by atoms with Crippen LogP contribution >= 0.6 is 0 Å². The fraction of sp³-hybridized carbons (Fsp3) is 0.562. The summed E-state index contributed by atoms with van der Waals surface area (Å²) in [6.07, 6.45) is 0. The summed E-state index contributed by atoms with van der Waals surface area (Å²) >= 11 is 0. The maximum Gasteiger partial charge on any atom is 0.228 e. The summed E-state index contributed by atoms with van der Waals surface area (Å²) in [7, 11) is 0. The molecule has 1 heterocycles. The molecule has 0 bridgehead atoms. The van der Waals surface area contributed by atoms with Gasteiger partial charge in [-0.25, -0.2) is 0 Å². The normalized spacial score (nSPS) is 16.4. The van der Waals surface area contributed by atoms with Crippen molar-refractivity contribution in [2.75, 3.05) is 31.1 Å². The van der Waals surface area contributed by atoms with E-state index >= 15 is 0 Å². The monoisotopic (exact) mass is 275 g/mol. The molecule has 0 saturated carbocycles. The third-order valence-electron chi connectivity index (χ3n) is 3.75. The summed E-state index contributed by atoms with van der Waals surface area (Å²) in [6, 6.07) is 8.37. The molecule has 2 rings (SSSR count). The molecular formula is C16H25N3O. The number of anilines is 1. The second kappa shape index (κ2) is 5.83. The maximum atomic E-state index is 12.2. The van der Waals surface area contributed by atoms with E-state index in [-0.39, 0.29) is 11.3 Å². The molecular weight excluding hydrogens is 250 g/mol. The molecule has 4 nitrogen and oxygen atoms in total. The lowest BCUT2D eigenvalue weighted by Gasteiger charge is -2.38. The van der Waals surface area contributed by atoms with Gasteiger partial charge in [0.15, 0.2) is 0 Å². The van der Waals surface area contributed by atoms with E-state index in [2.05, 4.69) is 29.2 Å². The molecule has 1 aliphatic heterocycles. The van der Waals surface area contributed by atoms with Crippen molar-refractivity contribution < 1.29 is 4.79 Å². The van der Waals surface area contributed by atoms with E-state index < -0.39 is 0 Å². The van der Waals surface area contributed by atoms with Crippen LogP contribution in [0.15, 0.2) is 24.3 Å². The van der Waals surface area contributed by atoms with E-state index in [1.165, 1.54) is 5.69 Å². The summed E-state index contributed by atoms with van der Waals surface area (Å²) in [5.74, 6) is 0.246. The molecule has 1 saturated heterocycles. The average molecular weight is 275 g/mol. The van der Waals surface area contributed by atoms with Gasteiger partial charge in [-0.1, -0.05) is 32.9 Å². The fourth-order valence-electron chi connectivity index (χ4n) is 2.48. The van der Waals surface area contributed by atoms with E-state index in [4.69, 9.17) is 5.73 Å². The predicted molar refractivity (Wildman–Crippen MR) is 82.6 cm³/mol. The van der Waals surface area contributed by atoms with Gasteiger partial charge in [-0.05, 0) is 17.7 Å². The summed E-state index contributed by atoms with van der Waals surface area (Å²) in [4.78, 5) is 16.5. The quantitative estimate of drug-likeness (QED) is 0.896. The van der Waals surface area contributed by atoms with Crippen LogP contribution in [0, 0.1) is 5.41 Å². The second-order valence-corrected chi connectivity index (χ2v) is 6.40. The molecule has 0 atom stereocenters. The predicted octanol–water partition coefficient (Wildman–Crippen LogP) is 1.84. The van der Waals surface area contributed by atoms with Crippen LogP contribution in [0.3, 0.4) is 0 Å². The van der Waals surface area contributed by atoms with Crippen molar-refractivity contribution in [1.29, 1.82) is 0 Å². The van der Waals surface area contributed by atoms with Crippen LogP contribution < -0.4 is 10.6 Å². The van der Waals surface area contributed by atoms with E-state index in [0.717, 1.165) is 31.7 Å². The lowest BCUT2D eigenvalue weighted by Crippen LogP contribution is -2.51. The summed E-state index contributed by atoms with van der Waals surface area (Å²) in [5.41, 5.74) is 7.69.